The number of hydrogen-bond acceptors (Lipinski definition) is 3. The molecule has 96 valence electrons. The second-order valence-corrected chi connectivity index (χ2v) is 3.66. The van der Waals surface area contributed by atoms with Crippen molar-refractivity contribution in [3.8, 4) is 0 Å². The highest BCUT2D eigenvalue weighted by Gasteiger charge is 1.99. The number of nitrogens with one attached hydrogen (secondary N) is 1. The number of hydrogen-bond donors (Lipinski definition) is 1. The molecule has 0 radical (unpaired) electrons. The Labute approximate surface area is 111 Å². The minimum Gasteiger partial charge on any atom is -0.463 e. The van der Waals surface area contributed by atoms with Gasteiger partial charge in [0.15, 0.2) is 0 Å². The minimum absolute atomic E-state index is 0.0789. The van der Waals surface area contributed by atoms with Gasteiger partial charge in [-0.15, -0.1) is 11.6 Å². The summed E-state index contributed by atoms with van der Waals surface area (Å²) in [5.74, 6) is -0.715. The van der Waals surface area contributed by atoms with Crippen LogP contribution in [0.25, 0.3) is 6.08 Å². The Morgan fingerprint density at radius 1 is 1.33 bits per heavy atom. The quantitative estimate of drug-likeness (QED) is 0.506. The number of amides is 1. The SMILES string of the molecule is CCOC(=O)C=Cc1ccc(NC(=O)CCl)cc1. The van der Waals surface area contributed by atoms with Gasteiger partial charge >= 0.3 is 5.97 Å². The smallest absolute Gasteiger partial charge is 0.330 e. The second-order valence-electron chi connectivity index (χ2n) is 3.39. The highest BCUT2D eigenvalue weighted by molar-refractivity contribution is 6.29. The third-order valence-electron chi connectivity index (χ3n) is 2.01. The van der Waals surface area contributed by atoms with Gasteiger partial charge in [-0.05, 0) is 30.7 Å². The van der Waals surface area contributed by atoms with Gasteiger partial charge < -0.3 is 10.1 Å². The van der Waals surface area contributed by atoms with E-state index in [-0.39, 0.29) is 17.8 Å². The van der Waals surface area contributed by atoms with Crippen molar-refractivity contribution in [2.45, 2.75) is 6.92 Å². The molecule has 0 heterocycles. The molecule has 0 spiro atoms. The Morgan fingerprint density at radius 2 is 2.00 bits per heavy atom. The number of benzene rings is 1. The summed E-state index contributed by atoms with van der Waals surface area (Å²) < 4.78 is 4.76. The van der Waals surface area contributed by atoms with Crippen molar-refractivity contribution in [1.29, 1.82) is 0 Å². The zero-order valence-electron chi connectivity index (χ0n) is 9.98. The molecule has 0 unspecified atom stereocenters. The predicted octanol–water partition coefficient (Wildman–Crippen LogP) is 2.44. The molecule has 5 heteroatoms. The first-order valence-corrected chi connectivity index (χ1v) is 6.00. The van der Waals surface area contributed by atoms with Crippen LogP contribution in [0.3, 0.4) is 0 Å². The summed E-state index contributed by atoms with van der Waals surface area (Å²) in [4.78, 5) is 22.1. The maximum absolute atomic E-state index is 11.1. The zero-order chi connectivity index (χ0) is 13.4. The van der Waals surface area contributed by atoms with Crippen LogP contribution >= 0.6 is 11.6 Å². The van der Waals surface area contributed by atoms with Crippen molar-refractivity contribution in [1.82, 2.24) is 0 Å². The van der Waals surface area contributed by atoms with Crippen molar-refractivity contribution in [3.05, 3.63) is 35.9 Å². The Kier molecular flexibility index (Phi) is 5.94. The van der Waals surface area contributed by atoms with E-state index in [0.717, 1.165) is 5.56 Å². The number of esters is 1. The summed E-state index contributed by atoms with van der Waals surface area (Å²) in [5, 5.41) is 2.62. The molecule has 0 aliphatic carbocycles. The molecule has 1 aromatic carbocycles. The molecule has 1 aromatic rings. The van der Waals surface area contributed by atoms with E-state index in [1.165, 1.54) is 6.08 Å². The van der Waals surface area contributed by atoms with Crippen LogP contribution in [0.4, 0.5) is 5.69 Å². The van der Waals surface area contributed by atoms with E-state index in [4.69, 9.17) is 16.3 Å². The lowest BCUT2D eigenvalue weighted by Crippen LogP contribution is -2.12. The molecule has 18 heavy (non-hydrogen) atoms. The van der Waals surface area contributed by atoms with Crippen molar-refractivity contribution in [3.63, 3.8) is 0 Å². The third kappa shape index (κ3) is 5.01. The molecule has 0 atom stereocenters. The van der Waals surface area contributed by atoms with Crippen LogP contribution in [-0.2, 0) is 14.3 Å². The van der Waals surface area contributed by atoms with Gasteiger partial charge in [0.1, 0.15) is 5.88 Å². The van der Waals surface area contributed by atoms with Crippen LogP contribution < -0.4 is 5.32 Å². The summed E-state index contributed by atoms with van der Waals surface area (Å²) >= 11 is 5.37. The average molecular weight is 268 g/mol. The molecule has 0 fully saturated rings. The Morgan fingerprint density at radius 3 is 2.56 bits per heavy atom. The lowest BCUT2D eigenvalue weighted by molar-refractivity contribution is -0.137. The molecule has 1 N–H and O–H groups in total. The van der Waals surface area contributed by atoms with Crippen LogP contribution in [0.15, 0.2) is 30.3 Å². The van der Waals surface area contributed by atoms with Gasteiger partial charge in [0.2, 0.25) is 5.91 Å². The van der Waals surface area contributed by atoms with Crippen molar-refractivity contribution >= 4 is 35.2 Å². The Hall–Kier alpha value is -1.81. The minimum atomic E-state index is -0.378. The summed E-state index contributed by atoms with van der Waals surface area (Å²) in [5.41, 5.74) is 1.50. The van der Waals surface area contributed by atoms with E-state index in [0.29, 0.717) is 12.3 Å². The Bertz CT molecular complexity index is 440. The standard InChI is InChI=1S/C13H14ClNO3/c1-2-18-13(17)8-5-10-3-6-11(7-4-10)15-12(16)9-14/h3-8H,2,9H2,1H3,(H,15,16). The van der Waals surface area contributed by atoms with Gasteiger partial charge in [-0.3, -0.25) is 4.79 Å². The normalized spacial score (nSPS) is 10.3. The topological polar surface area (TPSA) is 55.4 Å². The number of rotatable bonds is 5. The zero-order valence-corrected chi connectivity index (χ0v) is 10.7. The molecule has 0 saturated carbocycles. The molecule has 0 aromatic heterocycles. The van der Waals surface area contributed by atoms with Gasteiger partial charge in [-0.1, -0.05) is 12.1 Å². The first-order chi connectivity index (χ1) is 8.65. The molecule has 0 aliphatic heterocycles. The molecular weight excluding hydrogens is 254 g/mol. The number of ether oxygens (including phenoxy) is 1. The highest BCUT2D eigenvalue weighted by atomic mass is 35.5. The van der Waals surface area contributed by atoms with Crippen LogP contribution in [0.1, 0.15) is 12.5 Å². The molecule has 4 nitrogen and oxygen atoms in total. The number of alkyl halides is 1. The maximum atomic E-state index is 11.1. The molecule has 0 saturated heterocycles. The van der Waals surface area contributed by atoms with Gasteiger partial charge in [0, 0.05) is 11.8 Å². The first-order valence-electron chi connectivity index (χ1n) is 5.46. The average Bonchev–Trinajstić information content (AvgIpc) is 2.38. The number of carbonyl (C=O) groups is 2. The molecule has 0 bridgehead atoms. The van der Waals surface area contributed by atoms with Gasteiger partial charge in [-0.2, -0.15) is 0 Å². The summed E-state index contributed by atoms with van der Waals surface area (Å²) in [6.45, 7) is 2.10. The second kappa shape index (κ2) is 7.50. The van der Waals surface area contributed by atoms with Gasteiger partial charge in [0.05, 0.1) is 6.61 Å². The fourth-order valence-electron chi connectivity index (χ4n) is 1.23. The number of anilines is 1. The fraction of sp³-hybridized carbons (Fsp3) is 0.231. The lowest BCUT2D eigenvalue weighted by atomic mass is 10.2. The lowest BCUT2D eigenvalue weighted by Gasteiger charge is -2.02. The van der Waals surface area contributed by atoms with E-state index in [9.17, 15) is 9.59 Å². The van der Waals surface area contributed by atoms with Gasteiger partial charge in [-0.25, -0.2) is 4.79 Å². The molecule has 0 aliphatic rings. The van der Waals surface area contributed by atoms with E-state index >= 15 is 0 Å². The molecule has 1 rings (SSSR count). The van der Waals surface area contributed by atoms with Crippen LogP contribution in [0.2, 0.25) is 0 Å². The molecular formula is C13H14ClNO3. The van der Waals surface area contributed by atoms with Gasteiger partial charge in [0.25, 0.3) is 0 Å². The first kappa shape index (κ1) is 14.3. The van der Waals surface area contributed by atoms with Crippen LogP contribution in [0, 0.1) is 0 Å². The predicted molar refractivity (Wildman–Crippen MR) is 71.5 cm³/mol. The fourth-order valence-corrected chi connectivity index (χ4v) is 1.29. The van der Waals surface area contributed by atoms with Crippen molar-refractivity contribution < 1.29 is 14.3 Å². The van der Waals surface area contributed by atoms with E-state index in [1.54, 1.807) is 37.3 Å². The number of halogens is 1. The number of carbonyl (C=O) groups excluding carboxylic acids is 2. The van der Waals surface area contributed by atoms with Crippen LogP contribution in [-0.4, -0.2) is 24.4 Å². The summed E-state index contributed by atoms with van der Waals surface area (Å²) in [6.07, 6.45) is 3.00. The summed E-state index contributed by atoms with van der Waals surface area (Å²) in [7, 11) is 0. The monoisotopic (exact) mass is 267 g/mol. The van der Waals surface area contributed by atoms with Crippen LogP contribution in [0.5, 0.6) is 0 Å². The van der Waals surface area contributed by atoms with E-state index in [1.807, 2.05) is 0 Å². The summed E-state index contributed by atoms with van der Waals surface area (Å²) in [6, 6.07) is 7.02. The Balaban J connectivity index is 2.60. The largest absolute Gasteiger partial charge is 0.463 e. The third-order valence-corrected chi connectivity index (χ3v) is 2.26. The van der Waals surface area contributed by atoms with Crippen molar-refractivity contribution in [2.24, 2.45) is 0 Å². The highest BCUT2D eigenvalue weighted by Crippen LogP contribution is 2.11. The van der Waals surface area contributed by atoms with E-state index in [2.05, 4.69) is 5.32 Å². The maximum Gasteiger partial charge on any atom is 0.330 e. The van der Waals surface area contributed by atoms with Crippen molar-refractivity contribution in [2.75, 3.05) is 17.8 Å². The van der Waals surface area contributed by atoms with E-state index < -0.39 is 0 Å². The molecule has 1 amide bonds.